The topological polar surface area (TPSA) is 72.2 Å². The number of thioether (sulfide) groups is 1. The number of nitrogens with one attached hydrogen (secondary N) is 1. The number of amides is 2. The van der Waals surface area contributed by atoms with Gasteiger partial charge in [0.1, 0.15) is 0 Å². The summed E-state index contributed by atoms with van der Waals surface area (Å²) in [5, 5.41) is 2.45. The van der Waals surface area contributed by atoms with Crippen LogP contribution in [0.5, 0.6) is 0 Å². The van der Waals surface area contributed by atoms with E-state index in [1.807, 2.05) is 24.3 Å². The Morgan fingerprint density at radius 3 is 2.38 bits per heavy atom. The van der Waals surface area contributed by atoms with Gasteiger partial charge >= 0.3 is 6.03 Å². The Bertz CT molecular complexity index is 659. The number of carbonyl (C=O) groups excluding carboxylic acids is 2. The van der Waals surface area contributed by atoms with Gasteiger partial charge in [0.15, 0.2) is 5.78 Å². The minimum Gasteiger partial charge on any atom is -0.351 e. The Balaban J connectivity index is 1.97. The summed E-state index contributed by atoms with van der Waals surface area (Å²) in [6.45, 7) is 0. The average Bonchev–Trinajstić information content (AvgIpc) is 2.46. The molecule has 0 saturated carbocycles. The van der Waals surface area contributed by atoms with E-state index in [1.165, 1.54) is 11.8 Å². The number of carbonyl (C=O) groups is 2. The summed E-state index contributed by atoms with van der Waals surface area (Å²) in [4.78, 5) is 23.9. The zero-order chi connectivity index (χ0) is 15.2. The SMILES string of the molecule is NC(=O)Nc1ccc(C(=O)CSc2ccccc2Br)cc1. The first-order valence-electron chi connectivity index (χ1n) is 6.13. The van der Waals surface area contributed by atoms with Gasteiger partial charge in [0, 0.05) is 20.6 Å². The summed E-state index contributed by atoms with van der Waals surface area (Å²) in [7, 11) is 0. The maximum absolute atomic E-state index is 12.1. The maximum Gasteiger partial charge on any atom is 0.316 e. The zero-order valence-electron chi connectivity index (χ0n) is 11.0. The second-order valence-corrected chi connectivity index (χ2v) is 6.08. The number of primary amides is 1. The number of benzene rings is 2. The molecule has 2 rings (SSSR count). The molecule has 0 spiro atoms. The summed E-state index contributed by atoms with van der Waals surface area (Å²) in [6.07, 6.45) is 0. The first-order chi connectivity index (χ1) is 10.1. The van der Waals surface area contributed by atoms with Crippen LogP contribution in [-0.2, 0) is 0 Å². The number of ketones is 1. The molecular formula is C15H13BrN2O2S. The van der Waals surface area contributed by atoms with E-state index in [0.717, 1.165) is 9.37 Å². The molecule has 0 fully saturated rings. The van der Waals surface area contributed by atoms with Crippen LogP contribution in [0.25, 0.3) is 0 Å². The van der Waals surface area contributed by atoms with E-state index in [0.29, 0.717) is 17.0 Å². The highest BCUT2D eigenvalue weighted by molar-refractivity contribution is 9.10. The first kappa shape index (κ1) is 15.6. The molecule has 0 aliphatic carbocycles. The van der Waals surface area contributed by atoms with E-state index in [9.17, 15) is 9.59 Å². The number of hydrogen-bond donors (Lipinski definition) is 2. The van der Waals surface area contributed by atoms with Gasteiger partial charge in [-0.15, -0.1) is 11.8 Å². The van der Waals surface area contributed by atoms with Crippen LogP contribution in [0.2, 0.25) is 0 Å². The fourth-order valence-electron chi connectivity index (χ4n) is 1.67. The van der Waals surface area contributed by atoms with Crippen molar-refractivity contribution >= 4 is 45.2 Å². The monoisotopic (exact) mass is 364 g/mol. The average molecular weight is 365 g/mol. The van der Waals surface area contributed by atoms with Crippen LogP contribution < -0.4 is 11.1 Å². The fraction of sp³-hybridized carbons (Fsp3) is 0.0667. The van der Waals surface area contributed by atoms with Crippen molar-refractivity contribution in [2.45, 2.75) is 4.90 Å². The lowest BCUT2D eigenvalue weighted by atomic mass is 10.1. The van der Waals surface area contributed by atoms with Gasteiger partial charge in [-0.05, 0) is 52.3 Å². The predicted molar refractivity (Wildman–Crippen MR) is 88.8 cm³/mol. The number of rotatable bonds is 5. The van der Waals surface area contributed by atoms with Crippen molar-refractivity contribution in [3.8, 4) is 0 Å². The smallest absolute Gasteiger partial charge is 0.316 e. The van der Waals surface area contributed by atoms with Gasteiger partial charge in [0.25, 0.3) is 0 Å². The molecule has 21 heavy (non-hydrogen) atoms. The fourth-order valence-corrected chi connectivity index (χ4v) is 3.13. The molecule has 0 aliphatic heterocycles. The van der Waals surface area contributed by atoms with Crippen molar-refractivity contribution < 1.29 is 9.59 Å². The first-order valence-corrected chi connectivity index (χ1v) is 7.91. The summed E-state index contributed by atoms with van der Waals surface area (Å²) in [5.74, 6) is 0.381. The van der Waals surface area contributed by atoms with Crippen LogP contribution in [0.4, 0.5) is 10.5 Å². The lowest BCUT2D eigenvalue weighted by Crippen LogP contribution is -2.19. The summed E-state index contributed by atoms with van der Waals surface area (Å²) >= 11 is 4.93. The minimum atomic E-state index is -0.626. The highest BCUT2D eigenvalue weighted by atomic mass is 79.9. The van der Waals surface area contributed by atoms with E-state index >= 15 is 0 Å². The standard InChI is InChI=1S/C15H13BrN2O2S/c16-12-3-1-2-4-14(12)21-9-13(19)10-5-7-11(8-6-10)18-15(17)20/h1-8H,9H2,(H3,17,18,20). The number of Topliss-reactive ketones (excluding diaryl/α,β-unsaturated/α-hetero) is 1. The van der Waals surface area contributed by atoms with Gasteiger partial charge < -0.3 is 11.1 Å². The van der Waals surface area contributed by atoms with E-state index in [-0.39, 0.29) is 5.78 Å². The van der Waals surface area contributed by atoms with Gasteiger partial charge in [-0.3, -0.25) is 4.79 Å². The molecule has 0 unspecified atom stereocenters. The van der Waals surface area contributed by atoms with Crippen molar-refractivity contribution in [2.24, 2.45) is 5.73 Å². The van der Waals surface area contributed by atoms with E-state index < -0.39 is 6.03 Å². The van der Waals surface area contributed by atoms with Gasteiger partial charge in [-0.2, -0.15) is 0 Å². The Hall–Kier alpha value is -1.79. The molecule has 2 aromatic carbocycles. The molecule has 2 amide bonds. The van der Waals surface area contributed by atoms with Gasteiger partial charge in [0.2, 0.25) is 0 Å². The molecule has 0 bridgehead atoms. The second-order valence-electron chi connectivity index (χ2n) is 4.21. The van der Waals surface area contributed by atoms with Crippen LogP contribution in [-0.4, -0.2) is 17.6 Å². The molecule has 2 aromatic rings. The summed E-state index contributed by atoms with van der Waals surface area (Å²) in [6, 6.07) is 13.8. The third kappa shape index (κ3) is 4.61. The second kappa shape index (κ2) is 7.28. The number of hydrogen-bond acceptors (Lipinski definition) is 3. The molecule has 0 radical (unpaired) electrons. The molecule has 0 aromatic heterocycles. The number of nitrogens with two attached hydrogens (primary N) is 1. The van der Waals surface area contributed by atoms with Crippen LogP contribution >= 0.6 is 27.7 Å². The molecule has 108 valence electrons. The summed E-state index contributed by atoms with van der Waals surface area (Å²) < 4.78 is 0.976. The van der Waals surface area contributed by atoms with Crippen molar-refractivity contribution in [2.75, 3.05) is 11.1 Å². The van der Waals surface area contributed by atoms with Gasteiger partial charge in [0.05, 0.1) is 5.75 Å². The Morgan fingerprint density at radius 2 is 1.76 bits per heavy atom. The van der Waals surface area contributed by atoms with Crippen molar-refractivity contribution in [3.63, 3.8) is 0 Å². The number of urea groups is 1. The minimum absolute atomic E-state index is 0.0291. The molecule has 3 N–H and O–H groups in total. The van der Waals surface area contributed by atoms with Gasteiger partial charge in [-0.1, -0.05) is 12.1 Å². The van der Waals surface area contributed by atoms with Crippen LogP contribution in [0, 0.1) is 0 Å². The quantitative estimate of drug-likeness (QED) is 0.623. The highest BCUT2D eigenvalue weighted by Crippen LogP contribution is 2.27. The third-order valence-electron chi connectivity index (χ3n) is 2.67. The molecule has 0 saturated heterocycles. The predicted octanol–water partition coefficient (Wildman–Crippen LogP) is 3.91. The van der Waals surface area contributed by atoms with E-state index in [1.54, 1.807) is 24.3 Å². The lowest BCUT2D eigenvalue weighted by molar-refractivity contribution is 0.102. The molecule has 4 nitrogen and oxygen atoms in total. The van der Waals surface area contributed by atoms with Crippen LogP contribution in [0.3, 0.4) is 0 Å². The lowest BCUT2D eigenvalue weighted by Gasteiger charge is -2.05. The van der Waals surface area contributed by atoms with E-state index in [4.69, 9.17) is 5.73 Å². The molecule has 6 heteroatoms. The van der Waals surface area contributed by atoms with Crippen molar-refractivity contribution in [1.82, 2.24) is 0 Å². The number of anilines is 1. The number of halogens is 1. The third-order valence-corrected chi connectivity index (χ3v) is 4.70. The molecule has 0 heterocycles. The van der Waals surface area contributed by atoms with E-state index in [2.05, 4.69) is 21.2 Å². The highest BCUT2D eigenvalue weighted by Gasteiger charge is 2.08. The van der Waals surface area contributed by atoms with Gasteiger partial charge in [-0.25, -0.2) is 4.79 Å². The van der Waals surface area contributed by atoms with Crippen LogP contribution in [0.1, 0.15) is 10.4 Å². The Labute approximate surface area is 135 Å². The van der Waals surface area contributed by atoms with Crippen LogP contribution in [0.15, 0.2) is 57.9 Å². The maximum atomic E-state index is 12.1. The molecule has 0 aliphatic rings. The van der Waals surface area contributed by atoms with Crippen molar-refractivity contribution in [1.29, 1.82) is 0 Å². The normalized spacial score (nSPS) is 10.1. The Kier molecular flexibility index (Phi) is 5.41. The molecular weight excluding hydrogens is 352 g/mol. The molecule has 0 atom stereocenters. The Morgan fingerprint density at radius 1 is 1.10 bits per heavy atom. The van der Waals surface area contributed by atoms with Crippen molar-refractivity contribution in [3.05, 3.63) is 58.6 Å². The summed E-state index contributed by atoms with van der Waals surface area (Å²) in [5.41, 5.74) is 6.19. The largest absolute Gasteiger partial charge is 0.351 e. The zero-order valence-corrected chi connectivity index (χ0v) is 13.4.